The van der Waals surface area contributed by atoms with E-state index in [1.54, 1.807) is 4.90 Å². The number of halogens is 1. The smallest absolute Gasteiger partial charge is 0.409 e. The Bertz CT molecular complexity index is 630. The monoisotopic (exact) mass is 276 g/mol. The quantitative estimate of drug-likeness (QED) is 0.869. The fourth-order valence-electron chi connectivity index (χ4n) is 2.96. The van der Waals surface area contributed by atoms with Gasteiger partial charge in [0.15, 0.2) is 0 Å². The Kier molecular flexibility index (Phi) is 3.34. The number of nitrogens with one attached hydrogen (secondary N) is 1. The largest absolute Gasteiger partial charge is 0.453 e. The van der Waals surface area contributed by atoms with Gasteiger partial charge in [-0.3, -0.25) is 0 Å². The molecule has 1 fully saturated rings. The molecule has 1 N–H and O–H groups in total. The summed E-state index contributed by atoms with van der Waals surface area (Å²) in [5.74, 6) is 0.168. The fourth-order valence-corrected chi connectivity index (χ4v) is 2.96. The van der Waals surface area contributed by atoms with Gasteiger partial charge in [0.2, 0.25) is 0 Å². The van der Waals surface area contributed by atoms with Crippen LogP contribution in [0.2, 0.25) is 0 Å². The number of carbonyl (C=O) groups is 1. The lowest BCUT2D eigenvalue weighted by Gasteiger charge is -2.30. The van der Waals surface area contributed by atoms with Gasteiger partial charge in [-0.15, -0.1) is 0 Å². The molecule has 3 rings (SSSR count). The van der Waals surface area contributed by atoms with Gasteiger partial charge in [0, 0.05) is 30.2 Å². The highest BCUT2D eigenvalue weighted by Crippen LogP contribution is 2.33. The predicted octanol–water partition coefficient (Wildman–Crippen LogP) is 3.25. The van der Waals surface area contributed by atoms with Gasteiger partial charge in [-0.1, -0.05) is 0 Å². The first-order valence-corrected chi connectivity index (χ1v) is 6.78. The van der Waals surface area contributed by atoms with E-state index in [0.717, 1.165) is 23.7 Å². The van der Waals surface area contributed by atoms with E-state index in [9.17, 15) is 9.18 Å². The van der Waals surface area contributed by atoms with E-state index in [0.29, 0.717) is 19.0 Å². The summed E-state index contributed by atoms with van der Waals surface area (Å²) >= 11 is 0. The van der Waals surface area contributed by atoms with E-state index >= 15 is 0 Å². The van der Waals surface area contributed by atoms with Crippen molar-refractivity contribution in [3.8, 4) is 0 Å². The molecule has 0 atom stereocenters. The van der Waals surface area contributed by atoms with Crippen LogP contribution in [0.15, 0.2) is 24.4 Å². The molecular weight excluding hydrogens is 259 g/mol. The minimum atomic E-state index is -0.260. The molecule has 0 radical (unpaired) electrons. The van der Waals surface area contributed by atoms with Gasteiger partial charge in [-0.05, 0) is 42.5 Å². The highest BCUT2D eigenvalue weighted by Gasteiger charge is 2.25. The van der Waals surface area contributed by atoms with Crippen molar-refractivity contribution in [2.24, 2.45) is 0 Å². The molecule has 1 saturated heterocycles. The number of nitrogens with zero attached hydrogens (tertiary/aromatic N) is 1. The minimum Gasteiger partial charge on any atom is -0.453 e. The van der Waals surface area contributed by atoms with Crippen LogP contribution in [0.1, 0.15) is 24.3 Å². The van der Waals surface area contributed by atoms with Crippen LogP contribution in [0.3, 0.4) is 0 Å². The molecule has 1 aromatic heterocycles. The van der Waals surface area contributed by atoms with Crippen LogP contribution in [0.25, 0.3) is 10.9 Å². The van der Waals surface area contributed by atoms with Crippen molar-refractivity contribution in [2.75, 3.05) is 20.2 Å². The maximum absolute atomic E-state index is 13.2. The number of rotatable bonds is 1. The average molecular weight is 276 g/mol. The summed E-state index contributed by atoms with van der Waals surface area (Å²) in [6.45, 7) is 1.40. The third-order valence-corrected chi connectivity index (χ3v) is 4.04. The van der Waals surface area contributed by atoms with Crippen molar-refractivity contribution in [2.45, 2.75) is 18.8 Å². The van der Waals surface area contributed by atoms with Gasteiger partial charge >= 0.3 is 6.09 Å². The molecule has 20 heavy (non-hydrogen) atoms. The van der Waals surface area contributed by atoms with Gasteiger partial charge in [0.1, 0.15) is 5.82 Å². The summed E-state index contributed by atoms with van der Waals surface area (Å²) in [7, 11) is 1.41. The Morgan fingerprint density at radius 1 is 1.40 bits per heavy atom. The van der Waals surface area contributed by atoms with Gasteiger partial charge < -0.3 is 14.6 Å². The lowest BCUT2D eigenvalue weighted by molar-refractivity contribution is 0.112. The molecule has 0 saturated carbocycles. The zero-order valence-corrected chi connectivity index (χ0v) is 11.4. The van der Waals surface area contributed by atoms with E-state index in [-0.39, 0.29) is 11.9 Å². The van der Waals surface area contributed by atoms with Gasteiger partial charge in [-0.2, -0.15) is 0 Å². The van der Waals surface area contributed by atoms with Gasteiger partial charge in [-0.25, -0.2) is 9.18 Å². The number of benzene rings is 1. The first kappa shape index (κ1) is 13.0. The Morgan fingerprint density at radius 3 is 2.85 bits per heavy atom. The Labute approximate surface area is 116 Å². The van der Waals surface area contributed by atoms with Crippen LogP contribution < -0.4 is 0 Å². The highest BCUT2D eigenvalue weighted by atomic mass is 19.1. The number of amides is 1. The fraction of sp³-hybridized carbons (Fsp3) is 0.400. The molecule has 1 aliphatic heterocycles. The first-order chi connectivity index (χ1) is 9.69. The van der Waals surface area contributed by atoms with Crippen LogP contribution in [-0.2, 0) is 4.74 Å². The van der Waals surface area contributed by atoms with Crippen molar-refractivity contribution in [3.05, 3.63) is 35.8 Å². The van der Waals surface area contributed by atoms with Crippen LogP contribution in [0, 0.1) is 5.82 Å². The number of ether oxygens (including phenoxy) is 1. The second-order valence-electron chi connectivity index (χ2n) is 5.17. The van der Waals surface area contributed by atoms with Crippen molar-refractivity contribution >= 4 is 17.0 Å². The van der Waals surface area contributed by atoms with E-state index in [1.165, 1.54) is 24.8 Å². The molecule has 2 heterocycles. The standard InChI is InChI=1S/C15H17FN2O2/c1-20-15(19)18-6-4-10(5-7-18)13-9-17-14-8-11(16)2-3-12(13)14/h2-3,8-10,17H,4-7H2,1H3. The third-order valence-electron chi connectivity index (χ3n) is 4.04. The molecule has 106 valence electrons. The van der Waals surface area contributed by atoms with E-state index in [1.807, 2.05) is 12.3 Å². The molecule has 0 bridgehead atoms. The zero-order chi connectivity index (χ0) is 14.1. The maximum Gasteiger partial charge on any atom is 0.409 e. The van der Waals surface area contributed by atoms with Crippen LogP contribution in [0.4, 0.5) is 9.18 Å². The van der Waals surface area contributed by atoms with E-state index < -0.39 is 0 Å². The minimum absolute atomic E-state index is 0.230. The van der Waals surface area contributed by atoms with Crippen molar-refractivity contribution in [1.29, 1.82) is 0 Å². The number of aromatic nitrogens is 1. The lowest BCUT2D eigenvalue weighted by Crippen LogP contribution is -2.37. The molecule has 0 unspecified atom stereocenters. The molecule has 0 spiro atoms. The number of hydrogen-bond acceptors (Lipinski definition) is 2. The Hall–Kier alpha value is -2.04. The SMILES string of the molecule is COC(=O)N1CCC(c2c[nH]c3cc(F)ccc23)CC1. The summed E-state index contributed by atoms with van der Waals surface area (Å²) in [6, 6.07) is 4.83. The van der Waals surface area contributed by atoms with Crippen molar-refractivity contribution in [1.82, 2.24) is 9.88 Å². The summed E-state index contributed by atoms with van der Waals surface area (Å²) in [6.07, 6.45) is 3.51. The normalized spacial score (nSPS) is 16.6. The number of aromatic amines is 1. The molecule has 1 aliphatic rings. The van der Waals surface area contributed by atoms with Crippen molar-refractivity contribution in [3.63, 3.8) is 0 Å². The summed E-state index contributed by atoms with van der Waals surface area (Å²) in [5, 5.41) is 1.07. The van der Waals surface area contributed by atoms with Gasteiger partial charge in [0.05, 0.1) is 7.11 Å². The second-order valence-corrected chi connectivity index (χ2v) is 5.17. The molecule has 5 heteroatoms. The molecule has 2 aromatic rings. The Morgan fingerprint density at radius 2 is 2.15 bits per heavy atom. The average Bonchev–Trinajstić information content (AvgIpc) is 2.89. The van der Waals surface area contributed by atoms with E-state index in [4.69, 9.17) is 4.74 Å². The number of fused-ring (bicyclic) bond motifs is 1. The summed E-state index contributed by atoms with van der Waals surface area (Å²) in [4.78, 5) is 16.3. The summed E-state index contributed by atoms with van der Waals surface area (Å²) < 4.78 is 17.9. The number of piperidine rings is 1. The maximum atomic E-state index is 13.2. The second kappa shape index (κ2) is 5.15. The Balaban J connectivity index is 1.78. The molecule has 1 amide bonds. The van der Waals surface area contributed by atoms with Gasteiger partial charge in [0.25, 0.3) is 0 Å². The molecular formula is C15H17FN2O2. The topological polar surface area (TPSA) is 45.3 Å². The third kappa shape index (κ3) is 2.24. The first-order valence-electron chi connectivity index (χ1n) is 6.78. The lowest BCUT2D eigenvalue weighted by atomic mass is 9.89. The molecule has 4 nitrogen and oxygen atoms in total. The number of likely N-dealkylation sites (tertiary alicyclic amines) is 1. The number of carbonyl (C=O) groups excluding carboxylic acids is 1. The van der Waals surface area contributed by atoms with Crippen LogP contribution >= 0.6 is 0 Å². The predicted molar refractivity (Wildman–Crippen MR) is 74.2 cm³/mol. The van der Waals surface area contributed by atoms with Crippen molar-refractivity contribution < 1.29 is 13.9 Å². The zero-order valence-electron chi connectivity index (χ0n) is 11.4. The number of methoxy groups -OCH3 is 1. The van der Waals surface area contributed by atoms with Crippen LogP contribution in [-0.4, -0.2) is 36.2 Å². The van der Waals surface area contributed by atoms with Crippen LogP contribution in [0.5, 0.6) is 0 Å². The molecule has 1 aromatic carbocycles. The number of hydrogen-bond donors (Lipinski definition) is 1. The number of H-pyrrole nitrogens is 1. The summed E-state index contributed by atoms with van der Waals surface area (Å²) in [5.41, 5.74) is 2.04. The highest BCUT2D eigenvalue weighted by molar-refractivity contribution is 5.83. The van der Waals surface area contributed by atoms with E-state index in [2.05, 4.69) is 4.98 Å². The molecule has 0 aliphatic carbocycles.